The van der Waals surface area contributed by atoms with Gasteiger partial charge in [0, 0.05) is 57.5 Å². The molecule has 3 amide bonds. The van der Waals surface area contributed by atoms with Crippen LogP contribution in [0, 0.1) is 11.8 Å². The van der Waals surface area contributed by atoms with E-state index in [1.54, 1.807) is 22.1 Å². The molecule has 2 saturated heterocycles. The molecular weight excluding hydrogens is 524 g/mol. The molecule has 1 aromatic carbocycles. The van der Waals surface area contributed by atoms with Crippen molar-refractivity contribution in [2.24, 2.45) is 23.3 Å². The molecule has 3 fully saturated rings. The Bertz CT molecular complexity index is 1260. The van der Waals surface area contributed by atoms with Gasteiger partial charge in [0.15, 0.2) is 0 Å². The van der Waals surface area contributed by atoms with Crippen molar-refractivity contribution in [1.29, 1.82) is 0 Å². The van der Waals surface area contributed by atoms with Crippen molar-refractivity contribution >= 4 is 30.2 Å². The number of nitrogens with one attached hydrogen (secondary N) is 1. The number of aliphatic hydroxyl groups is 1. The molecule has 0 bridgehead atoms. The molecular formula is C26H37ClN8O4. The number of carbonyl (C=O) groups excluding carboxylic acids is 2. The second-order valence-corrected chi connectivity index (χ2v) is 11.0. The standard InChI is InChI=1S/C26H36N8O4.ClH/c1-16-11-32(9-10-33(16)23(36)26(2,28)15-35)24(37)29-21-7-8-34(25(38)30-21)18-5-3-17(4-6-18)12-31-13-19-20(14-31)22(19)27;/h3-8,16,19-20,22,35H,9-15,27-28H2,1-2H3,(H,29,30,37,38);1H/t16-,19?,20?,22?,26+;/m1./s1. The number of nitrogens with two attached hydrogens (primary N) is 2. The molecule has 1 aliphatic carbocycles. The lowest BCUT2D eigenvalue weighted by molar-refractivity contribution is -0.141. The van der Waals surface area contributed by atoms with Crippen molar-refractivity contribution in [2.75, 3.05) is 44.6 Å². The minimum atomic E-state index is -1.37. The SMILES string of the molecule is C[C@@H]1CN(C(=O)Nc2ccn(-c3ccc(CN4CC5C(N)C5C4)cc3)c(=O)n2)CCN1C(=O)[C@@](C)(N)CO.Cl. The van der Waals surface area contributed by atoms with Gasteiger partial charge in [0.1, 0.15) is 11.4 Å². The van der Waals surface area contributed by atoms with Crippen LogP contribution in [0.3, 0.4) is 0 Å². The van der Waals surface area contributed by atoms with Gasteiger partial charge in [-0.15, -0.1) is 12.4 Å². The molecule has 3 aliphatic rings. The summed E-state index contributed by atoms with van der Waals surface area (Å²) in [5.74, 6) is 1.09. The summed E-state index contributed by atoms with van der Waals surface area (Å²) in [7, 11) is 0. The fourth-order valence-corrected chi connectivity index (χ4v) is 5.51. The number of aliphatic hydroxyl groups excluding tert-OH is 1. The summed E-state index contributed by atoms with van der Waals surface area (Å²) in [6.07, 6.45) is 1.59. The number of piperazine rings is 1. The number of aromatic nitrogens is 2. The molecule has 2 unspecified atom stereocenters. The number of anilines is 1. The second-order valence-electron chi connectivity index (χ2n) is 11.0. The van der Waals surface area contributed by atoms with E-state index in [-0.39, 0.29) is 43.3 Å². The highest BCUT2D eigenvalue weighted by Gasteiger charge is 2.53. The van der Waals surface area contributed by atoms with Gasteiger partial charge in [-0.1, -0.05) is 12.1 Å². The maximum absolute atomic E-state index is 12.8. The number of carbonyl (C=O) groups is 2. The third-order valence-electron chi connectivity index (χ3n) is 7.99. The van der Waals surface area contributed by atoms with Crippen LogP contribution in [0.2, 0.25) is 0 Å². The Hall–Kier alpha value is -3.03. The van der Waals surface area contributed by atoms with Crippen molar-refractivity contribution in [3.63, 3.8) is 0 Å². The Morgan fingerprint density at radius 1 is 1.13 bits per heavy atom. The van der Waals surface area contributed by atoms with Crippen molar-refractivity contribution in [3.8, 4) is 5.69 Å². The van der Waals surface area contributed by atoms with Crippen molar-refractivity contribution in [2.45, 2.75) is 38.0 Å². The van der Waals surface area contributed by atoms with Crippen LogP contribution in [0.1, 0.15) is 19.4 Å². The monoisotopic (exact) mass is 560 g/mol. The number of hydrogen-bond acceptors (Lipinski definition) is 8. The van der Waals surface area contributed by atoms with Crippen molar-refractivity contribution < 1.29 is 14.7 Å². The average Bonchev–Trinajstić information content (AvgIpc) is 3.28. The summed E-state index contributed by atoms with van der Waals surface area (Å²) in [4.78, 5) is 47.7. The zero-order valence-electron chi connectivity index (χ0n) is 22.2. The van der Waals surface area contributed by atoms with Gasteiger partial charge in [0.25, 0.3) is 0 Å². The first kappa shape index (κ1) is 29.0. The Balaban J connectivity index is 0.00000353. The number of amides is 3. The number of likely N-dealkylation sites (tertiary alicyclic amines) is 1. The Morgan fingerprint density at radius 3 is 2.38 bits per heavy atom. The van der Waals surface area contributed by atoms with E-state index in [0.717, 1.165) is 19.6 Å². The molecule has 1 saturated carbocycles. The number of piperidine rings is 1. The quantitative estimate of drug-likeness (QED) is 0.378. The van der Waals surface area contributed by atoms with Crippen LogP contribution < -0.4 is 22.5 Å². The topological polar surface area (TPSA) is 163 Å². The minimum absolute atomic E-state index is 0. The number of fused-ring (bicyclic) bond motifs is 1. The molecule has 39 heavy (non-hydrogen) atoms. The molecule has 12 nitrogen and oxygen atoms in total. The zero-order valence-corrected chi connectivity index (χ0v) is 23.0. The predicted molar refractivity (Wildman–Crippen MR) is 149 cm³/mol. The van der Waals surface area contributed by atoms with E-state index < -0.39 is 23.9 Å². The molecule has 13 heteroatoms. The van der Waals surface area contributed by atoms with Gasteiger partial charge in [0.05, 0.1) is 12.3 Å². The third-order valence-corrected chi connectivity index (χ3v) is 7.99. The Morgan fingerprint density at radius 2 is 1.79 bits per heavy atom. The molecule has 5 rings (SSSR count). The molecule has 212 valence electrons. The molecule has 1 aromatic heterocycles. The maximum Gasteiger partial charge on any atom is 0.354 e. The third kappa shape index (κ3) is 5.94. The molecule has 0 radical (unpaired) electrons. The van der Waals surface area contributed by atoms with Gasteiger partial charge in [-0.05, 0) is 49.4 Å². The van der Waals surface area contributed by atoms with Crippen LogP contribution in [0.4, 0.5) is 10.6 Å². The second kappa shape index (κ2) is 11.2. The summed E-state index contributed by atoms with van der Waals surface area (Å²) in [5, 5.41) is 12.1. The lowest BCUT2D eigenvalue weighted by Crippen LogP contribution is -2.63. The molecule has 2 aliphatic heterocycles. The number of rotatable bonds is 6. The molecule has 4 atom stereocenters. The number of halogens is 1. The van der Waals surface area contributed by atoms with Crippen molar-refractivity contribution in [3.05, 3.63) is 52.6 Å². The van der Waals surface area contributed by atoms with E-state index in [0.29, 0.717) is 30.1 Å². The van der Waals surface area contributed by atoms with Crippen LogP contribution in [0.5, 0.6) is 0 Å². The highest BCUT2D eigenvalue weighted by molar-refractivity contribution is 5.89. The van der Waals surface area contributed by atoms with Gasteiger partial charge >= 0.3 is 11.7 Å². The number of benzene rings is 1. The maximum atomic E-state index is 12.8. The van der Waals surface area contributed by atoms with Crippen LogP contribution in [0.25, 0.3) is 5.69 Å². The first-order valence-corrected chi connectivity index (χ1v) is 13.0. The first-order chi connectivity index (χ1) is 18.1. The van der Waals surface area contributed by atoms with E-state index in [9.17, 15) is 19.5 Å². The van der Waals surface area contributed by atoms with Crippen LogP contribution in [0.15, 0.2) is 41.3 Å². The van der Waals surface area contributed by atoms with Gasteiger partial charge in [-0.3, -0.25) is 19.6 Å². The highest BCUT2D eigenvalue weighted by Crippen LogP contribution is 2.44. The Kier molecular flexibility index (Phi) is 8.33. The largest absolute Gasteiger partial charge is 0.394 e. The van der Waals surface area contributed by atoms with E-state index in [2.05, 4.69) is 15.2 Å². The number of hydrogen-bond donors (Lipinski definition) is 4. The van der Waals surface area contributed by atoms with Gasteiger partial charge in [-0.2, -0.15) is 4.98 Å². The molecule has 6 N–H and O–H groups in total. The number of nitrogens with zero attached hydrogens (tertiary/aromatic N) is 5. The van der Waals surface area contributed by atoms with Gasteiger partial charge in [0.2, 0.25) is 5.91 Å². The lowest BCUT2D eigenvalue weighted by atomic mass is 10.0. The number of urea groups is 1. The molecule has 2 aromatic rings. The minimum Gasteiger partial charge on any atom is -0.394 e. The smallest absolute Gasteiger partial charge is 0.354 e. The van der Waals surface area contributed by atoms with E-state index in [1.807, 2.05) is 31.2 Å². The molecule has 3 heterocycles. The summed E-state index contributed by atoms with van der Waals surface area (Å²) < 4.78 is 1.43. The normalized spacial score (nSPS) is 25.9. The van der Waals surface area contributed by atoms with Gasteiger partial charge in [-0.25, -0.2) is 9.59 Å². The fraction of sp³-hybridized carbons (Fsp3) is 0.538. The van der Waals surface area contributed by atoms with Crippen LogP contribution >= 0.6 is 12.4 Å². The summed E-state index contributed by atoms with van der Waals surface area (Å²) in [5.41, 5.74) is 11.9. The van der Waals surface area contributed by atoms with Crippen molar-refractivity contribution in [1.82, 2.24) is 24.3 Å². The van der Waals surface area contributed by atoms with E-state index in [4.69, 9.17) is 11.5 Å². The predicted octanol–water partition coefficient (Wildman–Crippen LogP) is -0.182. The lowest BCUT2D eigenvalue weighted by Gasteiger charge is -2.42. The highest BCUT2D eigenvalue weighted by atomic mass is 35.5. The van der Waals surface area contributed by atoms with Crippen LogP contribution in [-0.2, 0) is 11.3 Å². The first-order valence-electron chi connectivity index (χ1n) is 13.0. The Labute approximate surface area is 233 Å². The summed E-state index contributed by atoms with van der Waals surface area (Å²) in [6, 6.07) is 9.09. The van der Waals surface area contributed by atoms with E-state index >= 15 is 0 Å². The average molecular weight is 561 g/mol. The van der Waals surface area contributed by atoms with E-state index in [1.165, 1.54) is 17.1 Å². The summed E-state index contributed by atoms with van der Waals surface area (Å²) in [6.45, 7) is 6.67. The molecule has 0 spiro atoms. The van der Waals surface area contributed by atoms with Gasteiger partial charge < -0.3 is 26.4 Å². The summed E-state index contributed by atoms with van der Waals surface area (Å²) >= 11 is 0. The zero-order chi connectivity index (χ0) is 27.2. The van der Waals surface area contributed by atoms with Crippen LogP contribution in [-0.4, -0.2) is 98.2 Å². The fourth-order valence-electron chi connectivity index (χ4n) is 5.51.